The predicted octanol–water partition coefficient (Wildman–Crippen LogP) is 5.18. The SMILES string of the molecule is C[C@@H](c1ccc(Cl)cc1)N1CC[C@](CCCO)(C2C=CC(F)=CC2)OC1=O. The Morgan fingerprint density at radius 1 is 1.41 bits per heavy atom. The van der Waals surface area contributed by atoms with E-state index in [1.807, 2.05) is 31.2 Å². The average molecular weight is 394 g/mol. The van der Waals surface area contributed by atoms with E-state index in [1.165, 1.54) is 12.2 Å². The number of halogens is 2. The lowest BCUT2D eigenvalue weighted by Gasteiger charge is -2.46. The largest absolute Gasteiger partial charge is 0.442 e. The number of aliphatic hydroxyl groups is 1. The van der Waals surface area contributed by atoms with Crippen molar-refractivity contribution >= 4 is 17.7 Å². The average Bonchev–Trinajstić information content (AvgIpc) is 2.67. The molecule has 2 aliphatic rings. The Bertz CT molecular complexity index is 733. The van der Waals surface area contributed by atoms with Gasteiger partial charge in [-0.2, -0.15) is 0 Å². The van der Waals surface area contributed by atoms with Crippen molar-refractivity contribution in [2.75, 3.05) is 13.2 Å². The number of hydrogen-bond acceptors (Lipinski definition) is 3. The lowest BCUT2D eigenvalue weighted by Crippen LogP contribution is -2.53. The van der Waals surface area contributed by atoms with Crippen LogP contribution < -0.4 is 0 Å². The molecule has 6 heteroatoms. The van der Waals surface area contributed by atoms with Gasteiger partial charge in [-0.25, -0.2) is 9.18 Å². The Balaban J connectivity index is 1.76. The van der Waals surface area contributed by atoms with Gasteiger partial charge in [-0.15, -0.1) is 0 Å². The predicted molar refractivity (Wildman–Crippen MR) is 103 cm³/mol. The molecule has 4 nitrogen and oxygen atoms in total. The summed E-state index contributed by atoms with van der Waals surface area (Å²) in [6.07, 6.45) is 6.62. The summed E-state index contributed by atoms with van der Waals surface area (Å²) < 4.78 is 19.3. The van der Waals surface area contributed by atoms with Crippen molar-refractivity contribution in [2.24, 2.45) is 5.92 Å². The molecular formula is C21H25ClFNO3. The van der Waals surface area contributed by atoms with Crippen LogP contribution in [0.1, 0.15) is 44.2 Å². The van der Waals surface area contributed by atoms with E-state index in [2.05, 4.69) is 0 Å². The third kappa shape index (κ3) is 4.36. The van der Waals surface area contributed by atoms with Gasteiger partial charge in [0.2, 0.25) is 0 Å². The monoisotopic (exact) mass is 393 g/mol. The zero-order valence-corrected chi connectivity index (χ0v) is 16.2. The van der Waals surface area contributed by atoms with Gasteiger partial charge in [0.05, 0.1) is 6.04 Å². The fourth-order valence-corrected chi connectivity index (χ4v) is 4.07. The van der Waals surface area contributed by atoms with Crippen molar-refractivity contribution in [2.45, 2.75) is 44.2 Å². The summed E-state index contributed by atoms with van der Waals surface area (Å²) >= 11 is 5.95. The lowest BCUT2D eigenvalue weighted by molar-refractivity contribution is -0.0865. The van der Waals surface area contributed by atoms with Gasteiger partial charge in [-0.05, 0) is 56.0 Å². The van der Waals surface area contributed by atoms with E-state index < -0.39 is 5.60 Å². The van der Waals surface area contributed by atoms with Gasteiger partial charge in [0.15, 0.2) is 0 Å². The van der Waals surface area contributed by atoms with Crippen LogP contribution in [-0.4, -0.2) is 34.9 Å². The number of hydrogen-bond donors (Lipinski definition) is 1. The maximum Gasteiger partial charge on any atom is 0.410 e. The molecule has 1 saturated heterocycles. The summed E-state index contributed by atoms with van der Waals surface area (Å²) in [5.41, 5.74) is 0.283. The number of nitrogens with zero attached hydrogens (tertiary/aromatic N) is 1. The van der Waals surface area contributed by atoms with Crippen molar-refractivity contribution in [3.63, 3.8) is 0 Å². The normalized spacial score (nSPS) is 26.5. The molecule has 0 aromatic heterocycles. The second kappa shape index (κ2) is 8.44. The van der Waals surface area contributed by atoms with Crippen LogP contribution in [-0.2, 0) is 4.74 Å². The highest BCUT2D eigenvalue weighted by molar-refractivity contribution is 6.30. The molecule has 146 valence electrons. The smallest absolute Gasteiger partial charge is 0.410 e. The van der Waals surface area contributed by atoms with Crippen molar-refractivity contribution < 1.29 is 19.0 Å². The number of carbonyl (C=O) groups excluding carboxylic acids is 1. The van der Waals surface area contributed by atoms with Crippen LogP contribution in [0.4, 0.5) is 9.18 Å². The molecule has 1 aromatic carbocycles. The first kappa shape index (κ1) is 19.9. The highest BCUT2D eigenvalue weighted by atomic mass is 35.5. The summed E-state index contributed by atoms with van der Waals surface area (Å²) in [7, 11) is 0. The van der Waals surface area contributed by atoms with Crippen LogP contribution in [0.2, 0.25) is 5.02 Å². The van der Waals surface area contributed by atoms with E-state index >= 15 is 0 Å². The van der Waals surface area contributed by atoms with Gasteiger partial charge in [-0.1, -0.05) is 29.8 Å². The summed E-state index contributed by atoms with van der Waals surface area (Å²) in [6, 6.07) is 7.30. The van der Waals surface area contributed by atoms with Crippen LogP contribution in [0.5, 0.6) is 0 Å². The first-order valence-electron chi connectivity index (χ1n) is 9.35. The molecule has 0 bridgehead atoms. The Hall–Kier alpha value is -1.85. The number of ether oxygens (including phenoxy) is 1. The fraction of sp³-hybridized carbons (Fsp3) is 0.476. The van der Waals surface area contributed by atoms with Crippen LogP contribution in [0, 0.1) is 5.92 Å². The molecule has 3 rings (SSSR count). The number of amides is 1. The zero-order valence-electron chi connectivity index (χ0n) is 15.4. The van der Waals surface area contributed by atoms with Gasteiger partial charge >= 0.3 is 6.09 Å². The molecule has 1 amide bonds. The summed E-state index contributed by atoms with van der Waals surface area (Å²) in [5.74, 6) is -0.343. The first-order chi connectivity index (χ1) is 12.9. The van der Waals surface area contributed by atoms with Gasteiger partial charge in [-0.3, -0.25) is 0 Å². The molecule has 0 saturated carbocycles. The standard InChI is InChI=1S/C21H25ClFNO3/c1-15(16-3-7-18(22)8-4-16)24-13-12-21(11-2-14-25,27-20(24)26)17-5-9-19(23)10-6-17/h3-5,7-10,15,17,25H,2,6,11-14H2,1H3/t15-,17?,21+/m0/s1. The van der Waals surface area contributed by atoms with Crippen LogP contribution in [0.15, 0.2) is 48.3 Å². The Labute approximate surface area is 164 Å². The Kier molecular flexibility index (Phi) is 6.22. The van der Waals surface area contributed by atoms with Gasteiger partial charge in [0, 0.05) is 30.5 Å². The highest BCUT2D eigenvalue weighted by Gasteiger charge is 2.46. The maximum absolute atomic E-state index is 13.4. The van der Waals surface area contributed by atoms with Gasteiger partial charge < -0.3 is 14.7 Å². The third-order valence-electron chi connectivity index (χ3n) is 5.61. The molecule has 0 spiro atoms. The number of benzene rings is 1. The Morgan fingerprint density at radius 2 is 2.15 bits per heavy atom. The van der Waals surface area contributed by atoms with Gasteiger partial charge in [0.1, 0.15) is 11.4 Å². The molecule has 3 atom stereocenters. The number of rotatable bonds is 6. The molecule has 1 fully saturated rings. The number of cyclic esters (lactones) is 1. The summed E-state index contributed by atoms with van der Waals surface area (Å²) in [6.45, 7) is 2.54. The van der Waals surface area contributed by atoms with E-state index in [0.29, 0.717) is 37.3 Å². The van der Waals surface area contributed by atoms with Crippen LogP contribution in [0.3, 0.4) is 0 Å². The fourth-order valence-electron chi connectivity index (χ4n) is 3.94. The zero-order chi connectivity index (χ0) is 19.4. The molecule has 1 heterocycles. The van der Waals surface area contributed by atoms with E-state index in [1.54, 1.807) is 11.0 Å². The van der Waals surface area contributed by atoms with Crippen molar-refractivity contribution in [1.29, 1.82) is 0 Å². The summed E-state index contributed by atoms with van der Waals surface area (Å²) in [4.78, 5) is 14.6. The van der Waals surface area contributed by atoms with Gasteiger partial charge in [0.25, 0.3) is 0 Å². The molecular weight excluding hydrogens is 369 g/mol. The molecule has 1 N–H and O–H groups in total. The number of carbonyl (C=O) groups is 1. The maximum atomic E-state index is 13.4. The molecule has 0 radical (unpaired) electrons. The third-order valence-corrected chi connectivity index (χ3v) is 5.86. The number of allylic oxidation sites excluding steroid dienone is 3. The minimum atomic E-state index is -0.705. The quantitative estimate of drug-likeness (QED) is 0.724. The van der Waals surface area contributed by atoms with Crippen LogP contribution >= 0.6 is 11.6 Å². The van der Waals surface area contributed by atoms with Crippen molar-refractivity contribution in [3.05, 3.63) is 58.9 Å². The minimum Gasteiger partial charge on any atom is -0.442 e. The molecule has 1 unspecified atom stereocenters. The minimum absolute atomic E-state index is 0.0326. The van der Waals surface area contributed by atoms with E-state index in [0.717, 1.165) is 5.56 Å². The van der Waals surface area contributed by atoms with E-state index in [4.69, 9.17) is 16.3 Å². The second-order valence-corrected chi connectivity index (χ2v) is 7.66. The molecule has 27 heavy (non-hydrogen) atoms. The Morgan fingerprint density at radius 3 is 2.74 bits per heavy atom. The second-order valence-electron chi connectivity index (χ2n) is 7.22. The number of aliphatic hydroxyl groups excluding tert-OH is 1. The molecule has 1 aliphatic carbocycles. The van der Waals surface area contributed by atoms with Crippen molar-refractivity contribution in [1.82, 2.24) is 4.90 Å². The van der Waals surface area contributed by atoms with Crippen molar-refractivity contribution in [3.8, 4) is 0 Å². The highest BCUT2D eigenvalue weighted by Crippen LogP contribution is 2.41. The van der Waals surface area contributed by atoms with Crippen LogP contribution in [0.25, 0.3) is 0 Å². The van der Waals surface area contributed by atoms with E-state index in [-0.39, 0.29) is 30.5 Å². The first-order valence-corrected chi connectivity index (χ1v) is 9.73. The van der Waals surface area contributed by atoms with E-state index in [9.17, 15) is 14.3 Å². The molecule has 1 aromatic rings. The topological polar surface area (TPSA) is 49.8 Å². The lowest BCUT2D eigenvalue weighted by atomic mass is 9.76. The summed E-state index contributed by atoms with van der Waals surface area (Å²) in [5, 5.41) is 9.93. The molecule has 1 aliphatic heterocycles.